The number of benzene rings is 2. The van der Waals surface area contributed by atoms with Crippen molar-refractivity contribution in [1.29, 1.82) is 0 Å². The van der Waals surface area contributed by atoms with Crippen LogP contribution in [0, 0.1) is 6.92 Å². The lowest BCUT2D eigenvalue weighted by Gasteiger charge is -2.01. The molecule has 0 N–H and O–H groups in total. The number of hydrogen-bond acceptors (Lipinski definition) is 4. The van der Waals surface area contributed by atoms with E-state index >= 15 is 0 Å². The lowest BCUT2D eigenvalue weighted by Crippen LogP contribution is -2.05. The monoisotopic (exact) mass is 286 g/mol. The van der Waals surface area contributed by atoms with Crippen molar-refractivity contribution >= 4 is 11.9 Å². The van der Waals surface area contributed by atoms with Crippen LogP contribution in [0.2, 0.25) is 0 Å². The van der Waals surface area contributed by atoms with Gasteiger partial charge in [-0.15, -0.1) is 0 Å². The first-order chi connectivity index (χ1) is 10.1. The van der Waals surface area contributed by atoms with Crippen molar-refractivity contribution in [3.8, 4) is 0 Å². The van der Waals surface area contributed by atoms with Gasteiger partial charge in [0.05, 0.1) is 25.3 Å². The second-order valence-electron chi connectivity index (χ2n) is 4.22. The Balaban J connectivity index is 0.000000262. The van der Waals surface area contributed by atoms with Crippen LogP contribution in [0.4, 0.5) is 0 Å². The highest BCUT2D eigenvalue weighted by atomic mass is 16.5. The van der Waals surface area contributed by atoms with Crippen molar-refractivity contribution in [2.45, 2.75) is 6.92 Å². The first kappa shape index (κ1) is 16.4. The van der Waals surface area contributed by atoms with Crippen molar-refractivity contribution in [3.05, 3.63) is 71.3 Å². The molecule has 0 spiro atoms. The highest BCUT2D eigenvalue weighted by Gasteiger charge is 2.09. The van der Waals surface area contributed by atoms with E-state index in [9.17, 15) is 9.59 Å². The summed E-state index contributed by atoms with van der Waals surface area (Å²) in [4.78, 5) is 22.2. The first-order valence-electron chi connectivity index (χ1n) is 6.37. The van der Waals surface area contributed by atoms with E-state index in [-0.39, 0.29) is 0 Å². The number of rotatable bonds is 2. The Bertz CT molecular complexity index is 559. The second-order valence-corrected chi connectivity index (χ2v) is 4.22. The molecule has 0 radical (unpaired) electrons. The van der Waals surface area contributed by atoms with E-state index in [1.54, 1.807) is 18.2 Å². The molecule has 0 aliphatic carbocycles. The number of methoxy groups -OCH3 is 2. The van der Waals surface area contributed by atoms with Crippen LogP contribution in [0.15, 0.2) is 54.6 Å². The summed E-state index contributed by atoms with van der Waals surface area (Å²) < 4.78 is 9.03. The number of hydrogen-bond donors (Lipinski definition) is 0. The fourth-order valence-corrected chi connectivity index (χ4v) is 1.54. The van der Waals surface area contributed by atoms with E-state index in [2.05, 4.69) is 28.5 Å². The molecule has 0 unspecified atom stereocenters. The number of carbonyl (C=O) groups is 2. The molecule has 2 aromatic rings. The van der Waals surface area contributed by atoms with Crippen LogP contribution in [0.25, 0.3) is 0 Å². The Hall–Kier alpha value is -2.62. The van der Waals surface area contributed by atoms with Gasteiger partial charge in [-0.25, -0.2) is 9.59 Å². The van der Waals surface area contributed by atoms with E-state index in [1.807, 2.05) is 18.2 Å². The van der Waals surface area contributed by atoms with Crippen LogP contribution in [-0.4, -0.2) is 26.2 Å². The minimum atomic E-state index is -0.476. The molecular formula is C17H18O4. The summed E-state index contributed by atoms with van der Waals surface area (Å²) >= 11 is 0. The Kier molecular flexibility index (Phi) is 6.68. The molecule has 0 saturated carbocycles. The molecule has 0 amide bonds. The maximum atomic E-state index is 11.1. The lowest BCUT2D eigenvalue weighted by molar-refractivity contribution is 0.0599. The molecule has 0 saturated heterocycles. The van der Waals surface area contributed by atoms with Gasteiger partial charge in [-0.05, 0) is 25.1 Å². The minimum absolute atomic E-state index is 0.329. The van der Waals surface area contributed by atoms with Gasteiger partial charge in [0.25, 0.3) is 0 Å². The Morgan fingerprint density at radius 3 is 1.57 bits per heavy atom. The van der Waals surface area contributed by atoms with Gasteiger partial charge in [-0.3, -0.25) is 0 Å². The molecule has 0 aromatic heterocycles. The number of ether oxygens (including phenoxy) is 2. The van der Waals surface area contributed by atoms with E-state index in [0.717, 1.165) is 0 Å². The van der Waals surface area contributed by atoms with Crippen LogP contribution in [0.5, 0.6) is 0 Å². The zero-order chi connectivity index (χ0) is 15.7. The summed E-state index contributed by atoms with van der Waals surface area (Å²) in [7, 11) is 2.57. The fourth-order valence-electron chi connectivity index (χ4n) is 1.54. The van der Waals surface area contributed by atoms with Crippen LogP contribution in [0.3, 0.4) is 0 Å². The van der Waals surface area contributed by atoms with Crippen molar-refractivity contribution in [3.63, 3.8) is 0 Å². The van der Waals surface area contributed by atoms with Crippen molar-refractivity contribution in [2.75, 3.05) is 14.2 Å². The molecular weight excluding hydrogens is 268 g/mol. The van der Waals surface area contributed by atoms with Crippen LogP contribution in [0.1, 0.15) is 26.3 Å². The minimum Gasteiger partial charge on any atom is -0.465 e. The van der Waals surface area contributed by atoms with Gasteiger partial charge in [0.2, 0.25) is 0 Å². The maximum Gasteiger partial charge on any atom is 0.337 e. The van der Waals surface area contributed by atoms with Gasteiger partial charge in [0.1, 0.15) is 0 Å². The molecule has 0 atom stereocenters. The van der Waals surface area contributed by atoms with E-state index in [4.69, 9.17) is 0 Å². The van der Waals surface area contributed by atoms with Crippen LogP contribution >= 0.6 is 0 Å². The molecule has 0 heterocycles. The predicted molar refractivity (Wildman–Crippen MR) is 80.3 cm³/mol. The molecule has 2 rings (SSSR count). The molecule has 0 aliphatic heterocycles. The molecule has 0 fully saturated rings. The summed E-state index contributed by atoms with van der Waals surface area (Å²) in [5.41, 5.74) is 1.98. The topological polar surface area (TPSA) is 52.6 Å². The van der Waals surface area contributed by atoms with Gasteiger partial charge in [0, 0.05) is 0 Å². The molecule has 110 valence electrons. The lowest BCUT2D eigenvalue weighted by atomic mass is 10.1. The summed E-state index contributed by atoms with van der Waals surface area (Å²) in [6, 6.07) is 16.4. The fraction of sp³-hybridized carbons (Fsp3) is 0.176. The summed E-state index contributed by atoms with van der Waals surface area (Å²) in [5, 5.41) is 0. The van der Waals surface area contributed by atoms with Crippen molar-refractivity contribution in [2.24, 2.45) is 0 Å². The Morgan fingerprint density at radius 1 is 0.762 bits per heavy atom. The average Bonchev–Trinajstić information content (AvgIpc) is 2.54. The SMILES string of the molecule is COC(=O)c1cccc(C(=O)OC)c1.Cc1ccccc1. The van der Waals surface area contributed by atoms with Gasteiger partial charge >= 0.3 is 11.9 Å². The molecule has 2 aromatic carbocycles. The zero-order valence-electron chi connectivity index (χ0n) is 12.3. The number of esters is 2. The molecule has 4 nitrogen and oxygen atoms in total. The van der Waals surface area contributed by atoms with Gasteiger partial charge in [-0.2, -0.15) is 0 Å². The Morgan fingerprint density at radius 2 is 1.24 bits per heavy atom. The highest BCUT2D eigenvalue weighted by Crippen LogP contribution is 2.07. The first-order valence-corrected chi connectivity index (χ1v) is 6.37. The van der Waals surface area contributed by atoms with Crippen molar-refractivity contribution < 1.29 is 19.1 Å². The van der Waals surface area contributed by atoms with E-state index in [0.29, 0.717) is 11.1 Å². The quantitative estimate of drug-likeness (QED) is 0.795. The molecule has 21 heavy (non-hydrogen) atoms. The van der Waals surface area contributed by atoms with E-state index < -0.39 is 11.9 Å². The average molecular weight is 286 g/mol. The second kappa shape index (κ2) is 8.53. The third-order valence-corrected chi connectivity index (χ3v) is 2.65. The molecule has 0 aliphatic rings. The molecule has 0 bridgehead atoms. The smallest absolute Gasteiger partial charge is 0.337 e. The van der Waals surface area contributed by atoms with Crippen molar-refractivity contribution in [1.82, 2.24) is 0 Å². The summed E-state index contributed by atoms with van der Waals surface area (Å²) in [5.74, 6) is -0.952. The molecule has 4 heteroatoms. The summed E-state index contributed by atoms with van der Waals surface area (Å²) in [6.07, 6.45) is 0. The largest absolute Gasteiger partial charge is 0.465 e. The third kappa shape index (κ3) is 5.48. The standard InChI is InChI=1S/C10H10O4.C7H8/c1-13-9(11)7-4-3-5-8(6-7)10(12)14-2;1-7-5-3-2-4-6-7/h3-6H,1-2H3;2-6H,1H3. The third-order valence-electron chi connectivity index (χ3n) is 2.65. The maximum absolute atomic E-state index is 11.1. The van der Waals surface area contributed by atoms with E-state index in [1.165, 1.54) is 25.8 Å². The van der Waals surface area contributed by atoms with Gasteiger partial charge < -0.3 is 9.47 Å². The normalized spacial score (nSPS) is 9.10. The van der Waals surface area contributed by atoms with Crippen LogP contribution < -0.4 is 0 Å². The summed E-state index contributed by atoms with van der Waals surface area (Å²) in [6.45, 7) is 2.08. The zero-order valence-corrected chi connectivity index (χ0v) is 12.3. The predicted octanol–water partition coefficient (Wildman–Crippen LogP) is 3.25. The van der Waals surface area contributed by atoms with Gasteiger partial charge in [-0.1, -0.05) is 42.0 Å². The number of aryl methyl sites for hydroxylation is 1. The van der Waals surface area contributed by atoms with Gasteiger partial charge in [0.15, 0.2) is 0 Å². The Labute approximate surface area is 124 Å². The number of carbonyl (C=O) groups excluding carboxylic acids is 2. The van der Waals surface area contributed by atoms with Crippen LogP contribution in [-0.2, 0) is 9.47 Å². The highest BCUT2D eigenvalue weighted by molar-refractivity contribution is 5.95.